The van der Waals surface area contributed by atoms with E-state index in [2.05, 4.69) is 5.32 Å². The van der Waals surface area contributed by atoms with Gasteiger partial charge in [-0.25, -0.2) is 4.79 Å². The molecule has 5 heteroatoms. The summed E-state index contributed by atoms with van der Waals surface area (Å²) in [5.74, 6) is -1.09. The molecular formula is C14H17NO4. The van der Waals surface area contributed by atoms with Crippen LogP contribution in [0, 0.1) is 0 Å². The molecule has 0 radical (unpaired) electrons. The number of ether oxygens (including phenoxy) is 1. The van der Waals surface area contributed by atoms with Crippen LogP contribution in [-0.2, 0) is 16.1 Å². The van der Waals surface area contributed by atoms with Gasteiger partial charge in [0, 0.05) is 13.2 Å². The van der Waals surface area contributed by atoms with Crippen molar-refractivity contribution < 1.29 is 19.4 Å². The van der Waals surface area contributed by atoms with Gasteiger partial charge in [-0.3, -0.25) is 4.79 Å². The molecule has 2 N–H and O–H groups in total. The van der Waals surface area contributed by atoms with Gasteiger partial charge in [-0.05, 0) is 37.0 Å². The van der Waals surface area contributed by atoms with E-state index in [-0.39, 0.29) is 17.6 Å². The number of nitrogens with one attached hydrogen (secondary N) is 1. The molecule has 0 unspecified atom stereocenters. The van der Waals surface area contributed by atoms with Gasteiger partial charge in [0.25, 0.3) is 0 Å². The second-order valence-corrected chi connectivity index (χ2v) is 4.58. The van der Waals surface area contributed by atoms with Crippen molar-refractivity contribution in [1.29, 1.82) is 0 Å². The van der Waals surface area contributed by atoms with Crippen LogP contribution in [0.25, 0.3) is 0 Å². The Labute approximate surface area is 111 Å². The average Bonchev–Trinajstić information content (AvgIpc) is 2.46. The van der Waals surface area contributed by atoms with E-state index in [9.17, 15) is 9.59 Å². The Kier molecular flexibility index (Phi) is 4.52. The number of rotatable bonds is 4. The zero-order chi connectivity index (χ0) is 13.7. The molecule has 1 aliphatic heterocycles. The number of benzene rings is 1. The lowest BCUT2D eigenvalue weighted by Crippen LogP contribution is -2.37. The van der Waals surface area contributed by atoms with Crippen molar-refractivity contribution in [3.05, 3.63) is 35.4 Å². The molecule has 5 nitrogen and oxygen atoms in total. The topological polar surface area (TPSA) is 75.6 Å². The molecule has 1 aliphatic rings. The number of carbonyl (C=O) groups excluding carboxylic acids is 1. The Hall–Kier alpha value is -1.88. The Balaban J connectivity index is 1.89. The minimum Gasteiger partial charge on any atom is -0.478 e. The molecule has 1 heterocycles. The molecule has 0 aromatic heterocycles. The Morgan fingerprint density at radius 3 is 2.89 bits per heavy atom. The second-order valence-electron chi connectivity index (χ2n) is 4.58. The van der Waals surface area contributed by atoms with Gasteiger partial charge in [-0.2, -0.15) is 0 Å². The highest BCUT2D eigenvalue weighted by Crippen LogP contribution is 2.13. The molecule has 1 aromatic rings. The summed E-state index contributed by atoms with van der Waals surface area (Å²) in [7, 11) is 0. The molecule has 19 heavy (non-hydrogen) atoms. The lowest BCUT2D eigenvalue weighted by molar-refractivity contribution is -0.135. The predicted octanol–water partition coefficient (Wildman–Crippen LogP) is 1.57. The molecule has 0 saturated carbocycles. The quantitative estimate of drug-likeness (QED) is 0.864. The summed E-state index contributed by atoms with van der Waals surface area (Å²) < 4.78 is 5.38. The van der Waals surface area contributed by atoms with Crippen LogP contribution >= 0.6 is 0 Å². The zero-order valence-electron chi connectivity index (χ0n) is 10.6. The first-order valence-electron chi connectivity index (χ1n) is 6.38. The average molecular weight is 263 g/mol. The third-order valence-electron chi connectivity index (χ3n) is 3.11. The van der Waals surface area contributed by atoms with Crippen LogP contribution in [0.15, 0.2) is 24.3 Å². The van der Waals surface area contributed by atoms with E-state index in [4.69, 9.17) is 9.84 Å². The van der Waals surface area contributed by atoms with Crippen molar-refractivity contribution in [3.63, 3.8) is 0 Å². The van der Waals surface area contributed by atoms with Crippen LogP contribution < -0.4 is 5.32 Å². The van der Waals surface area contributed by atoms with Gasteiger partial charge in [-0.15, -0.1) is 0 Å². The SMILES string of the molecule is O=C(O)c1cccc(CNC(=O)[C@H]2CCCCO2)c1. The van der Waals surface area contributed by atoms with E-state index in [1.807, 2.05) is 0 Å². The maximum atomic E-state index is 11.8. The minimum atomic E-state index is -0.969. The van der Waals surface area contributed by atoms with Gasteiger partial charge in [0.2, 0.25) is 5.91 Å². The largest absolute Gasteiger partial charge is 0.478 e. The smallest absolute Gasteiger partial charge is 0.335 e. The van der Waals surface area contributed by atoms with E-state index >= 15 is 0 Å². The first-order valence-corrected chi connectivity index (χ1v) is 6.38. The fourth-order valence-electron chi connectivity index (χ4n) is 2.06. The summed E-state index contributed by atoms with van der Waals surface area (Å²) in [6.07, 6.45) is 2.40. The molecule has 1 atom stereocenters. The number of hydrogen-bond donors (Lipinski definition) is 2. The molecule has 1 amide bonds. The monoisotopic (exact) mass is 263 g/mol. The van der Waals surface area contributed by atoms with Crippen LogP contribution in [-0.4, -0.2) is 29.7 Å². The molecular weight excluding hydrogens is 246 g/mol. The predicted molar refractivity (Wildman–Crippen MR) is 68.8 cm³/mol. The van der Waals surface area contributed by atoms with Crippen molar-refractivity contribution in [2.24, 2.45) is 0 Å². The summed E-state index contributed by atoms with van der Waals surface area (Å²) in [5, 5.41) is 11.7. The third kappa shape index (κ3) is 3.79. The molecule has 1 aromatic carbocycles. The van der Waals surface area contributed by atoms with Gasteiger partial charge < -0.3 is 15.2 Å². The Morgan fingerprint density at radius 2 is 2.21 bits per heavy atom. The summed E-state index contributed by atoms with van der Waals surface area (Å²) in [4.78, 5) is 22.7. The molecule has 0 aliphatic carbocycles. The summed E-state index contributed by atoms with van der Waals surface area (Å²) in [5.41, 5.74) is 0.990. The standard InChI is InChI=1S/C14H17NO4/c16-13(12-6-1-2-7-19-12)15-9-10-4-3-5-11(8-10)14(17)18/h3-5,8,12H,1-2,6-7,9H2,(H,15,16)(H,17,18)/t12-/m1/s1. The number of carboxylic acid groups (broad SMARTS) is 1. The first kappa shape index (κ1) is 13.5. The number of carbonyl (C=O) groups is 2. The van der Waals surface area contributed by atoms with Crippen LogP contribution in [0.3, 0.4) is 0 Å². The molecule has 0 spiro atoms. The molecule has 102 valence electrons. The highest BCUT2D eigenvalue weighted by Gasteiger charge is 2.21. The van der Waals surface area contributed by atoms with E-state index in [1.165, 1.54) is 6.07 Å². The highest BCUT2D eigenvalue weighted by molar-refractivity contribution is 5.87. The Morgan fingerprint density at radius 1 is 1.37 bits per heavy atom. The van der Waals surface area contributed by atoms with E-state index in [0.29, 0.717) is 13.2 Å². The minimum absolute atomic E-state index is 0.125. The first-order chi connectivity index (χ1) is 9.16. The number of carboxylic acids is 1. The lowest BCUT2D eigenvalue weighted by atomic mass is 10.1. The van der Waals surface area contributed by atoms with Gasteiger partial charge in [0.15, 0.2) is 0 Å². The van der Waals surface area contributed by atoms with E-state index in [1.54, 1.807) is 18.2 Å². The molecule has 0 bridgehead atoms. The fraction of sp³-hybridized carbons (Fsp3) is 0.429. The summed E-state index contributed by atoms with van der Waals surface area (Å²) in [6.45, 7) is 0.951. The van der Waals surface area contributed by atoms with Crippen molar-refractivity contribution in [2.45, 2.75) is 31.9 Å². The maximum Gasteiger partial charge on any atom is 0.335 e. The van der Waals surface area contributed by atoms with Gasteiger partial charge in [-0.1, -0.05) is 12.1 Å². The van der Waals surface area contributed by atoms with Crippen LogP contribution in [0.4, 0.5) is 0 Å². The maximum absolute atomic E-state index is 11.8. The zero-order valence-corrected chi connectivity index (χ0v) is 10.6. The fourth-order valence-corrected chi connectivity index (χ4v) is 2.06. The van der Waals surface area contributed by atoms with E-state index in [0.717, 1.165) is 24.8 Å². The molecule has 2 rings (SSSR count). The number of hydrogen-bond acceptors (Lipinski definition) is 3. The third-order valence-corrected chi connectivity index (χ3v) is 3.11. The lowest BCUT2D eigenvalue weighted by Gasteiger charge is -2.21. The van der Waals surface area contributed by atoms with Crippen molar-refractivity contribution >= 4 is 11.9 Å². The van der Waals surface area contributed by atoms with Gasteiger partial charge in [0.05, 0.1) is 5.56 Å². The van der Waals surface area contributed by atoms with E-state index < -0.39 is 5.97 Å². The normalized spacial score (nSPS) is 18.8. The summed E-state index contributed by atoms with van der Waals surface area (Å²) in [6, 6.07) is 6.54. The van der Waals surface area contributed by atoms with Crippen molar-refractivity contribution in [1.82, 2.24) is 5.32 Å². The van der Waals surface area contributed by atoms with Crippen LogP contribution in [0.2, 0.25) is 0 Å². The van der Waals surface area contributed by atoms with Crippen molar-refractivity contribution in [3.8, 4) is 0 Å². The molecule has 1 saturated heterocycles. The highest BCUT2D eigenvalue weighted by atomic mass is 16.5. The molecule has 1 fully saturated rings. The van der Waals surface area contributed by atoms with Crippen LogP contribution in [0.5, 0.6) is 0 Å². The summed E-state index contributed by atoms with van der Waals surface area (Å²) >= 11 is 0. The second kappa shape index (κ2) is 6.33. The number of aromatic carboxylic acids is 1. The Bertz CT molecular complexity index is 466. The van der Waals surface area contributed by atoms with Crippen LogP contribution in [0.1, 0.15) is 35.2 Å². The van der Waals surface area contributed by atoms with Crippen molar-refractivity contribution in [2.75, 3.05) is 6.61 Å². The number of amides is 1. The van der Waals surface area contributed by atoms with Gasteiger partial charge in [0.1, 0.15) is 6.10 Å². The van der Waals surface area contributed by atoms with Gasteiger partial charge >= 0.3 is 5.97 Å².